The van der Waals surface area contributed by atoms with Crippen LogP contribution >= 0.6 is 15.9 Å². The second kappa shape index (κ2) is 4.42. The number of hydrogen-bond acceptors (Lipinski definition) is 1. The summed E-state index contributed by atoms with van der Waals surface area (Å²) in [6.07, 6.45) is 6.67. The van der Waals surface area contributed by atoms with E-state index in [2.05, 4.69) is 43.7 Å². The number of rotatable bonds is 3. The molecule has 72 valence electrons. The lowest BCUT2D eigenvalue weighted by Crippen LogP contribution is -1.98. The molecule has 0 saturated heterocycles. The van der Waals surface area contributed by atoms with Crippen LogP contribution in [0.3, 0.4) is 0 Å². The maximum Gasteiger partial charge on any atom is 0.0946 e. The second-order valence-corrected chi connectivity index (χ2v) is 4.10. The molecule has 2 nitrogen and oxygen atoms in total. The van der Waals surface area contributed by atoms with Gasteiger partial charge in [0.15, 0.2) is 0 Å². The minimum atomic E-state index is 0.983. The Morgan fingerprint density at radius 3 is 3.00 bits per heavy atom. The van der Waals surface area contributed by atoms with Gasteiger partial charge in [-0.15, -0.1) is 0 Å². The van der Waals surface area contributed by atoms with Crippen LogP contribution in [0.5, 0.6) is 0 Å². The van der Waals surface area contributed by atoms with Crippen LogP contribution in [-0.4, -0.2) is 9.55 Å². The van der Waals surface area contributed by atoms with Crippen LogP contribution in [0.15, 0.2) is 47.5 Å². The number of hydrogen-bond donors (Lipinski definition) is 0. The first kappa shape index (κ1) is 9.46. The van der Waals surface area contributed by atoms with Crippen molar-refractivity contribution in [3.8, 4) is 0 Å². The van der Waals surface area contributed by atoms with Gasteiger partial charge >= 0.3 is 0 Å². The number of imidazole rings is 1. The van der Waals surface area contributed by atoms with Gasteiger partial charge in [0.2, 0.25) is 0 Å². The standard InChI is InChI=1S/C11H11BrN2/c12-11-3-1-2-10(8-11)4-6-14-7-5-13-9-14/h1-3,5,7-9H,4,6H2. The van der Waals surface area contributed by atoms with Crippen molar-refractivity contribution in [2.75, 3.05) is 0 Å². The van der Waals surface area contributed by atoms with E-state index in [0.29, 0.717) is 0 Å². The quantitative estimate of drug-likeness (QED) is 0.820. The highest BCUT2D eigenvalue weighted by molar-refractivity contribution is 9.10. The highest BCUT2D eigenvalue weighted by Gasteiger charge is 1.94. The Bertz CT molecular complexity index is 395. The van der Waals surface area contributed by atoms with Crippen LogP contribution in [0.4, 0.5) is 0 Å². The molecule has 0 radical (unpaired) electrons. The maximum atomic E-state index is 4.01. The second-order valence-electron chi connectivity index (χ2n) is 3.18. The fourth-order valence-electron chi connectivity index (χ4n) is 1.37. The minimum Gasteiger partial charge on any atom is -0.337 e. The SMILES string of the molecule is Brc1cccc(CCn2ccnc2)c1. The molecule has 0 fully saturated rings. The van der Waals surface area contributed by atoms with Crippen LogP contribution in [0.25, 0.3) is 0 Å². The average molecular weight is 251 g/mol. The molecule has 0 aliphatic heterocycles. The molecule has 1 aromatic carbocycles. The van der Waals surface area contributed by atoms with Gasteiger partial charge in [-0.05, 0) is 24.1 Å². The van der Waals surface area contributed by atoms with E-state index in [1.54, 1.807) is 6.20 Å². The summed E-state index contributed by atoms with van der Waals surface area (Å²) in [5.41, 5.74) is 1.34. The topological polar surface area (TPSA) is 17.8 Å². The van der Waals surface area contributed by atoms with Gasteiger partial charge in [-0.1, -0.05) is 28.1 Å². The molecular formula is C11H11BrN2. The Labute approximate surface area is 91.7 Å². The smallest absolute Gasteiger partial charge is 0.0946 e. The first-order chi connectivity index (χ1) is 6.84. The normalized spacial score (nSPS) is 10.4. The molecule has 0 spiro atoms. The molecule has 0 bridgehead atoms. The predicted molar refractivity (Wildman–Crippen MR) is 60.1 cm³/mol. The molecule has 0 atom stereocenters. The third-order valence-corrected chi connectivity index (χ3v) is 2.60. The summed E-state index contributed by atoms with van der Waals surface area (Å²) in [5, 5.41) is 0. The van der Waals surface area contributed by atoms with Gasteiger partial charge in [0.05, 0.1) is 6.33 Å². The van der Waals surface area contributed by atoms with E-state index in [-0.39, 0.29) is 0 Å². The summed E-state index contributed by atoms with van der Waals surface area (Å²) in [4.78, 5) is 4.01. The van der Waals surface area contributed by atoms with Gasteiger partial charge in [0.25, 0.3) is 0 Å². The van der Waals surface area contributed by atoms with Gasteiger partial charge in [-0.2, -0.15) is 0 Å². The van der Waals surface area contributed by atoms with Crippen LogP contribution < -0.4 is 0 Å². The zero-order valence-electron chi connectivity index (χ0n) is 7.73. The van der Waals surface area contributed by atoms with Crippen molar-refractivity contribution in [3.05, 3.63) is 53.0 Å². The van der Waals surface area contributed by atoms with E-state index in [1.807, 2.05) is 18.6 Å². The summed E-state index contributed by atoms with van der Waals surface area (Å²) in [6, 6.07) is 8.40. The third kappa shape index (κ3) is 2.45. The lowest BCUT2D eigenvalue weighted by Gasteiger charge is -2.02. The molecule has 0 unspecified atom stereocenters. The van der Waals surface area contributed by atoms with Crippen LogP contribution in [0.1, 0.15) is 5.56 Å². The van der Waals surface area contributed by atoms with Crippen molar-refractivity contribution < 1.29 is 0 Å². The van der Waals surface area contributed by atoms with Gasteiger partial charge < -0.3 is 4.57 Å². The van der Waals surface area contributed by atoms with Crippen molar-refractivity contribution in [2.45, 2.75) is 13.0 Å². The first-order valence-corrected chi connectivity index (χ1v) is 5.34. The van der Waals surface area contributed by atoms with Gasteiger partial charge in [-0.3, -0.25) is 0 Å². The molecule has 1 aromatic heterocycles. The Morgan fingerprint density at radius 2 is 2.29 bits per heavy atom. The van der Waals surface area contributed by atoms with Gasteiger partial charge in [0.1, 0.15) is 0 Å². The monoisotopic (exact) mass is 250 g/mol. The molecule has 1 heterocycles. The van der Waals surface area contributed by atoms with Gasteiger partial charge in [-0.25, -0.2) is 4.98 Å². The van der Waals surface area contributed by atoms with Crippen LogP contribution in [-0.2, 0) is 13.0 Å². The summed E-state index contributed by atoms with van der Waals surface area (Å²) >= 11 is 3.46. The molecule has 0 aliphatic rings. The fourth-order valence-corrected chi connectivity index (χ4v) is 1.82. The average Bonchev–Trinajstić information content (AvgIpc) is 2.67. The lowest BCUT2D eigenvalue weighted by atomic mass is 10.1. The van der Waals surface area contributed by atoms with Crippen molar-refractivity contribution in [3.63, 3.8) is 0 Å². The van der Waals surface area contributed by atoms with Crippen molar-refractivity contribution in [2.24, 2.45) is 0 Å². The van der Waals surface area contributed by atoms with Gasteiger partial charge in [0, 0.05) is 23.4 Å². The largest absolute Gasteiger partial charge is 0.337 e. The zero-order valence-corrected chi connectivity index (χ0v) is 9.31. The number of nitrogens with zero attached hydrogens (tertiary/aromatic N) is 2. The molecule has 0 amide bonds. The Balaban J connectivity index is 1.98. The van der Waals surface area contributed by atoms with Crippen LogP contribution in [0.2, 0.25) is 0 Å². The highest BCUT2D eigenvalue weighted by Crippen LogP contribution is 2.12. The molecule has 3 heteroatoms. The van der Waals surface area contributed by atoms with Crippen molar-refractivity contribution in [1.82, 2.24) is 9.55 Å². The number of benzene rings is 1. The molecule has 0 saturated carbocycles. The Kier molecular flexibility index (Phi) is 2.99. The Morgan fingerprint density at radius 1 is 1.36 bits per heavy atom. The van der Waals surface area contributed by atoms with E-state index >= 15 is 0 Å². The summed E-state index contributed by atoms with van der Waals surface area (Å²) in [5.74, 6) is 0. The van der Waals surface area contributed by atoms with Crippen molar-refractivity contribution >= 4 is 15.9 Å². The highest BCUT2D eigenvalue weighted by atomic mass is 79.9. The van der Waals surface area contributed by atoms with E-state index in [4.69, 9.17) is 0 Å². The van der Waals surface area contributed by atoms with Crippen molar-refractivity contribution in [1.29, 1.82) is 0 Å². The third-order valence-electron chi connectivity index (χ3n) is 2.11. The lowest BCUT2D eigenvalue weighted by molar-refractivity contribution is 0.695. The molecule has 0 N–H and O–H groups in total. The fraction of sp³-hybridized carbons (Fsp3) is 0.182. The number of aryl methyl sites for hydroxylation is 2. The molecule has 2 aromatic rings. The maximum absolute atomic E-state index is 4.01. The number of halogens is 1. The summed E-state index contributed by atoms with van der Waals surface area (Å²) < 4.78 is 3.22. The Hall–Kier alpha value is -1.09. The summed E-state index contributed by atoms with van der Waals surface area (Å²) in [7, 11) is 0. The predicted octanol–water partition coefficient (Wildman–Crippen LogP) is 2.89. The van der Waals surface area contributed by atoms with Crippen LogP contribution in [0, 0.1) is 0 Å². The first-order valence-electron chi connectivity index (χ1n) is 4.55. The molecular weight excluding hydrogens is 240 g/mol. The minimum absolute atomic E-state index is 0.983. The van der Waals surface area contributed by atoms with E-state index < -0.39 is 0 Å². The van der Waals surface area contributed by atoms with E-state index in [9.17, 15) is 0 Å². The number of aromatic nitrogens is 2. The molecule has 14 heavy (non-hydrogen) atoms. The zero-order chi connectivity index (χ0) is 9.80. The van der Waals surface area contributed by atoms with E-state index in [0.717, 1.165) is 17.4 Å². The summed E-state index contributed by atoms with van der Waals surface area (Å²) in [6.45, 7) is 0.983. The molecule has 2 rings (SSSR count). The van der Waals surface area contributed by atoms with E-state index in [1.165, 1.54) is 5.56 Å². The molecule has 0 aliphatic carbocycles.